The first kappa shape index (κ1) is 22.1. The van der Waals surface area contributed by atoms with Crippen molar-refractivity contribution in [3.63, 3.8) is 0 Å². The Kier molecular flexibility index (Phi) is 8.08. The topological polar surface area (TPSA) is 83.0 Å². The van der Waals surface area contributed by atoms with E-state index in [2.05, 4.69) is 22.5 Å². The second-order valence-electron chi connectivity index (χ2n) is 6.81. The number of guanidine groups is 1. The number of hydrogen-bond donors (Lipinski definition) is 2. The van der Waals surface area contributed by atoms with Crippen LogP contribution in [0, 0.1) is 0 Å². The maximum atomic E-state index is 12.6. The van der Waals surface area contributed by atoms with E-state index in [0.29, 0.717) is 23.8 Å². The Morgan fingerprint density at radius 3 is 2.67 bits per heavy atom. The molecule has 1 fully saturated rings. The summed E-state index contributed by atoms with van der Waals surface area (Å²) < 4.78 is 32.8. The third-order valence-electron chi connectivity index (χ3n) is 4.75. The third kappa shape index (κ3) is 5.91. The molecule has 0 bridgehead atoms. The van der Waals surface area contributed by atoms with E-state index in [1.165, 1.54) is 15.6 Å². The Morgan fingerprint density at radius 1 is 1.33 bits per heavy atom. The monoisotopic (exact) mass is 416 g/mol. The molecular formula is C18H32N4O3S2. The Morgan fingerprint density at radius 2 is 2.07 bits per heavy atom. The maximum Gasteiger partial charge on any atom is 0.252 e. The second kappa shape index (κ2) is 9.86. The molecule has 0 aliphatic carbocycles. The molecule has 0 amide bonds. The minimum absolute atomic E-state index is 0.126. The van der Waals surface area contributed by atoms with Gasteiger partial charge in [-0.05, 0) is 38.3 Å². The molecule has 1 aromatic heterocycles. The van der Waals surface area contributed by atoms with Gasteiger partial charge in [-0.1, -0.05) is 13.8 Å². The molecule has 1 unspecified atom stereocenters. The fourth-order valence-corrected chi connectivity index (χ4v) is 6.06. The summed E-state index contributed by atoms with van der Waals surface area (Å²) in [6.45, 7) is 9.02. The van der Waals surface area contributed by atoms with Crippen LogP contribution in [-0.4, -0.2) is 64.1 Å². The highest BCUT2D eigenvalue weighted by Crippen LogP contribution is 2.25. The van der Waals surface area contributed by atoms with Crippen molar-refractivity contribution in [3.05, 3.63) is 17.0 Å². The van der Waals surface area contributed by atoms with Gasteiger partial charge in [-0.25, -0.2) is 8.42 Å². The van der Waals surface area contributed by atoms with Gasteiger partial charge in [-0.3, -0.25) is 4.99 Å². The van der Waals surface area contributed by atoms with Gasteiger partial charge in [0, 0.05) is 44.7 Å². The van der Waals surface area contributed by atoms with Crippen LogP contribution in [0.15, 0.2) is 21.3 Å². The average molecular weight is 417 g/mol. The lowest BCUT2D eigenvalue weighted by Crippen LogP contribution is -2.45. The minimum atomic E-state index is -3.37. The third-order valence-corrected chi connectivity index (χ3v) is 8.42. The summed E-state index contributed by atoms with van der Waals surface area (Å²) in [7, 11) is -1.63. The zero-order chi connectivity index (χ0) is 19.9. The van der Waals surface area contributed by atoms with E-state index in [1.807, 2.05) is 19.9 Å². The largest absolute Gasteiger partial charge is 0.373 e. The van der Waals surface area contributed by atoms with E-state index in [4.69, 9.17) is 4.74 Å². The lowest BCUT2D eigenvalue weighted by Gasteiger charge is -2.24. The summed E-state index contributed by atoms with van der Waals surface area (Å²) in [4.78, 5) is 5.28. The van der Waals surface area contributed by atoms with E-state index >= 15 is 0 Å². The summed E-state index contributed by atoms with van der Waals surface area (Å²) in [6.07, 6.45) is 2.89. The fraction of sp³-hybridized carbons (Fsp3) is 0.722. The fourth-order valence-electron chi connectivity index (χ4n) is 3.09. The van der Waals surface area contributed by atoms with Crippen molar-refractivity contribution in [1.29, 1.82) is 0 Å². The molecule has 0 radical (unpaired) electrons. The van der Waals surface area contributed by atoms with Gasteiger partial charge in [0.2, 0.25) is 0 Å². The zero-order valence-electron chi connectivity index (χ0n) is 16.7. The van der Waals surface area contributed by atoms with Gasteiger partial charge >= 0.3 is 0 Å². The Bertz CT molecular complexity index is 721. The predicted octanol–water partition coefficient (Wildman–Crippen LogP) is 2.06. The van der Waals surface area contributed by atoms with Crippen molar-refractivity contribution >= 4 is 27.3 Å². The molecule has 2 heterocycles. The van der Waals surface area contributed by atoms with Crippen molar-refractivity contribution in [2.45, 2.75) is 49.8 Å². The van der Waals surface area contributed by atoms with Crippen molar-refractivity contribution in [3.8, 4) is 0 Å². The van der Waals surface area contributed by atoms with Crippen LogP contribution in [0.4, 0.5) is 0 Å². The van der Waals surface area contributed by atoms with E-state index in [-0.39, 0.29) is 5.60 Å². The average Bonchev–Trinajstić information content (AvgIpc) is 3.29. The number of hydrogen-bond acceptors (Lipinski definition) is 5. The van der Waals surface area contributed by atoms with Crippen LogP contribution in [0.2, 0.25) is 0 Å². The maximum absolute atomic E-state index is 12.6. The molecule has 9 heteroatoms. The highest BCUT2D eigenvalue weighted by atomic mass is 32.2. The second-order valence-corrected chi connectivity index (χ2v) is 10.1. The number of aliphatic imine (C=N–C) groups is 1. The molecule has 27 heavy (non-hydrogen) atoms. The molecule has 1 aliphatic heterocycles. The molecule has 0 aromatic carbocycles. The van der Waals surface area contributed by atoms with Crippen LogP contribution in [0.1, 0.15) is 38.5 Å². The van der Waals surface area contributed by atoms with Crippen LogP contribution in [-0.2, 0) is 21.2 Å². The Hall–Kier alpha value is -1.16. The van der Waals surface area contributed by atoms with E-state index < -0.39 is 10.0 Å². The first-order chi connectivity index (χ1) is 12.8. The number of thiophene rings is 1. The first-order valence-electron chi connectivity index (χ1n) is 9.52. The normalized spacial score (nSPS) is 21.0. The summed E-state index contributed by atoms with van der Waals surface area (Å²) in [5, 5.41) is 6.59. The van der Waals surface area contributed by atoms with Crippen LogP contribution in [0.25, 0.3) is 0 Å². The minimum Gasteiger partial charge on any atom is -0.373 e. The van der Waals surface area contributed by atoms with Crippen molar-refractivity contribution < 1.29 is 13.2 Å². The SMILES string of the molecule is CCN(CC)S(=O)(=O)c1ccc(CCNC(=NC)NCC2(C)CCCO2)s1. The van der Waals surface area contributed by atoms with Gasteiger partial charge < -0.3 is 15.4 Å². The Labute approximate surface area is 167 Å². The molecule has 1 aliphatic rings. The summed E-state index contributed by atoms with van der Waals surface area (Å²) in [6, 6.07) is 3.60. The predicted molar refractivity (Wildman–Crippen MR) is 111 cm³/mol. The molecule has 154 valence electrons. The zero-order valence-corrected chi connectivity index (χ0v) is 18.4. The highest BCUT2D eigenvalue weighted by molar-refractivity contribution is 7.91. The molecule has 1 aromatic rings. The molecule has 7 nitrogen and oxygen atoms in total. The summed E-state index contributed by atoms with van der Waals surface area (Å²) in [5.74, 6) is 0.735. The molecule has 2 N–H and O–H groups in total. The van der Waals surface area contributed by atoms with Gasteiger partial charge in [0.05, 0.1) is 5.60 Å². The van der Waals surface area contributed by atoms with Crippen molar-refractivity contribution in [2.75, 3.05) is 39.8 Å². The van der Waals surface area contributed by atoms with Crippen molar-refractivity contribution in [1.82, 2.24) is 14.9 Å². The molecule has 0 saturated carbocycles. The standard InChI is InChI=1S/C18H32N4O3S2/c1-5-22(6-2)27(23,24)16-9-8-15(26-16)10-12-20-17(19-4)21-14-18(3)11-7-13-25-18/h8-9H,5-7,10-14H2,1-4H3,(H2,19,20,21). The molecule has 1 saturated heterocycles. The van der Waals surface area contributed by atoms with E-state index in [1.54, 1.807) is 13.1 Å². The number of rotatable bonds is 9. The smallest absolute Gasteiger partial charge is 0.252 e. The number of nitrogens with one attached hydrogen (secondary N) is 2. The molecule has 0 spiro atoms. The van der Waals surface area contributed by atoms with Gasteiger partial charge in [0.1, 0.15) is 4.21 Å². The van der Waals surface area contributed by atoms with Crippen LogP contribution in [0.5, 0.6) is 0 Å². The number of sulfonamides is 1. The first-order valence-corrected chi connectivity index (χ1v) is 11.8. The molecular weight excluding hydrogens is 384 g/mol. The number of nitrogens with zero attached hydrogens (tertiary/aromatic N) is 2. The van der Waals surface area contributed by atoms with Gasteiger partial charge in [-0.15, -0.1) is 11.3 Å². The number of ether oxygens (including phenoxy) is 1. The Balaban J connectivity index is 1.83. The summed E-state index contributed by atoms with van der Waals surface area (Å²) in [5.41, 5.74) is -0.126. The van der Waals surface area contributed by atoms with Gasteiger partial charge in [-0.2, -0.15) is 4.31 Å². The van der Waals surface area contributed by atoms with Crippen LogP contribution >= 0.6 is 11.3 Å². The van der Waals surface area contributed by atoms with Crippen LogP contribution in [0.3, 0.4) is 0 Å². The quantitative estimate of drug-likeness (QED) is 0.476. The molecule has 2 rings (SSSR count). The lowest BCUT2D eigenvalue weighted by molar-refractivity contribution is 0.0243. The van der Waals surface area contributed by atoms with Crippen molar-refractivity contribution in [2.24, 2.45) is 4.99 Å². The summed E-state index contributed by atoms with van der Waals surface area (Å²) >= 11 is 1.34. The van der Waals surface area contributed by atoms with E-state index in [9.17, 15) is 8.42 Å². The highest BCUT2D eigenvalue weighted by Gasteiger charge is 2.29. The van der Waals surface area contributed by atoms with Gasteiger partial charge in [0.25, 0.3) is 10.0 Å². The van der Waals surface area contributed by atoms with E-state index in [0.717, 1.165) is 43.3 Å². The van der Waals surface area contributed by atoms with Crippen LogP contribution < -0.4 is 10.6 Å². The lowest BCUT2D eigenvalue weighted by atomic mass is 10.0. The van der Waals surface area contributed by atoms with Gasteiger partial charge in [0.15, 0.2) is 5.96 Å². The molecule has 1 atom stereocenters.